The van der Waals surface area contributed by atoms with Gasteiger partial charge in [-0.3, -0.25) is 4.55 Å². The van der Waals surface area contributed by atoms with Gasteiger partial charge in [-0.1, -0.05) is 21.6 Å². The fraction of sp³-hybridized carbons (Fsp3) is 1.00. The molecule has 0 aromatic carbocycles. The first-order chi connectivity index (χ1) is 6.03. The molecule has 4 nitrogen and oxygen atoms in total. The predicted molar refractivity (Wildman–Crippen MR) is 55.6 cm³/mol. The first-order valence-electron chi connectivity index (χ1n) is 3.75. The van der Waals surface area contributed by atoms with E-state index in [1.165, 1.54) is 0 Å². The second-order valence-electron chi connectivity index (χ2n) is 2.85. The van der Waals surface area contributed by atoms with Crippen LogP contribution < -0.4 is 0 Å². The van der Waals surface area contributed by atoms with E-state index in [0.717, 1.165) is 5.75 Å². The molecule has 2 atom stereocenters. The molecule has 1 fully saturated rings. The minimum atomic E-state index is -3.87. The summed E-state index contributed by atoms with van der Waals surface area (Å²) in [6.45, 7) is 0. The second-order valence-corrected chi connectivity index (χ2v) is 6.90. The molecule has 0 aromatic rings. The molecule has 7 heteroatoms. The maximum absolute atomic E-state index is 10.6. The average Bonchev–Trinajstić information content (AvgIpc) is 2.02. The summed E-state index contributed by atoms with van der Waals surface area (Å²) in [4.78, 5) is 0. The zero-order valence-corrected chi connectivity index (χ0v) is 9.62. The lowest BCUT2D eigenvalue weighted by Gasteiger charge is -2.28. The van der Waals surface area contributed by atoms with E-state index in [1.807, 2.05) is 0 Å². The minimum Gasteiger partial charge on any atom is -0.380 e. The summed E-state index contributed by atoms with van der Waals surface area (Å²) in [5.74, 6) is 1.20. The van der Waals surface area contributed by atoms with Gasteiger partial charge in [0.1, 0.15) is 0 Å². The SMILES string of the molecule is CO[C@@H]1CSSC[C@H]1CS(=O)(=O)O. The Hall–Kier alpha value is 0.570. The van der Waals surface area contributed by atoms with Crippen LogP contribution in [0.4, 0.5) is 0 Å². The zero-order valence-electron chi connectivity index (χ0n) is 7.17. The minimum absolute atomic E-state index is 0.0619. The third-order valence-corrected chi connectivity index (χ3v) is 5.21. The summed E-state index contributed by atoms with van der Waals surface area (Å²) in [6.07, 6.45) is -0.0619. The van der Waals surface area contributed by atoms with Gasteiger partial charge in [-0.25, -0.2) is 0 Å². The number of hydrogen-bond donors (Lipinski definition) is 1. The summed E-state index contributed by atoms with van der Waals surface area (Å²) in [5.41, 5.74) is 0. The number of methoxy groups -OCH3 is 1. The quantitative estimate of drug-likeness (QED) is 0.588. The molecule has 0 radical (unpaired) electrons. The van der Waals surface area contributed by atoms with Crippen molar-refractivity contribution in [1.82, 2.24) is 0 Å². The van der Waals surface area contributed by atoms with Crippen molar-refractivity contribution in [2.24, 2.45) is 5.92 Å². The molecule has 1 aliphatic heterocycles. The van der Waals surface area contributed by atoms with Crippen molar-refractivity contribution in [2.75, 3.05) is 24.4 Å². The van der Waals surface area contributed by atoms with Crippen molar-refractivity contribution in [3.05, 3.63) is 0 Å². The molecule has 1 heterocycles. The van der Waals surface area contributed by atoms with Crippen LogP contribution in [0, 0.1) is 5.92 Å². The third kappa shape index (κ3) is 4.07. The van der Waals surface area contributed by atoms with Gasteiger partial charge in [-0.15, -0.1) is 0 Å². The van der Waals surface area contributed by atoms with E-state index in [-0.39, 0.29) is 17.8 Å². The van der Waals surface area contributed by atoms with Gasteiger partial charge in [0.25, 0.3) is 10.1 Å². The van der Waals surface area contributed by atoms with E-state index in [9.17, 15) is 8.42 Å². The van der Waals surface area contributed by atoms with Crippen molar-refractivity contribution in [2.45, 2.75) is 6.10 Å². The van der Waals surface area contributed by atoms with Gasteiger partial charge in [0.05, 0.1) is 11.9 Å². The van der Waals surface area contributed by atoms with E-state index in [2.05, 4.69) is 0 Å². The monoisotopic (exact) mass is 244 g/mol. The largest absolute Gasteiger partial charge is 0.380 e. The molecule has 0 amide bonds. The van der Waals surface area contributed by atoms with Crippen molar-refractivity contribution >= 4 is 31.7 Å². The van der Waals surface area contributed by atoms with Crippen molar-refractivity contribution in [3.63, 3.8) is 0 Å². The maximum atomic E-state index is 10.6. The van der Waals surface area contributed by atoms with Gasteiger partial charge in [0.2, 0.25) is 0 Å². The lowest BCUT2D eigenvalue weighted by Crippen LogP contribution is -2.34. The molecule has 13 heavy (non-hydrogen) atoms. The number of hydrogen-bond acceptors (Lipinski definition) is 5. The summed E-state index contributed by atoms with van der Waals surface area (Å²) in [6, 6.07) is 0. The van der Waals surface area contributed by atoms with Crippen LogP contribution in [-0.4, -0.2) is 43.4 Å². The van der Waals surface area contributed by atoms with Gasteiger partial charge in [-0.2, -0.15) is 8.42 Å². The van der Waals surface area contributed by atoms with Crippen molar-refractivity contribution < 1.29 is 17.7 Å². The Bertz CT molecular complexity index is 251. The van der Waals surface area contributed by atoms with E-state index in [4.69, 9.17) is 9.29 Å². The Morgan fingerprint density at radius 2 is 2.08 bits per heavy atom. The Kier molecular flexibility index (Phi) is 4.37. The van der Waals surface area contributed by atoms with Gasteiger partial charge in [0.15, 0.2) is 0 Å². The molecule has 0 spiro atoms. The van der Waals surface area contributed by atoms with Crippen LogP contribution in [0.3, 0.4) is 0 Å². The predicted octanol–water partition coefficient (Wildman–Crippen LogP) is 0.900. The fourth-order valence-electron chi connectivity index (χ4n) is 1.18. The smallest absolute Gasteiger partial charge is 0.265 e. The molecule has 1 aliphatic rings. The van der Waals surface area contributed by atoms with E-state index in [0.29, 0.717) is 5.75 Å². The van der Waals surface area contributed by atoms with Crippen LogP contribution in [0.5, 0.6) is 0 Å². The summed E-state index contributed by atoms with van der Waals surface area (Å²) >= 11 is 0. The standard InChI is InChI=1S/C6H12O4S3/c1-10-6-3-12-11-2-5(6)4-13(7,8)9/h5-6H,2-4H2,1H3,(H,7,8,9)/t5-,6+/m0/s1. The van der Waals surface area contributed by atoms with Crippen molar-refractivity contribution in [1.29, 1.82) is 0 Å². The van der Waals surface area contributed by atoms with E-state index < -0.39 is 10.1 Å². The molecule has 0 bridgehead atoms. The third-order valence-electron chi connectivity index (χ3n) is 1.85. The molecule has 1 rings (SSSR count). The van der Waals surface area contributed by atoms with Gasteiger partial charge in [-0.05, 0) is 0 Å². The van der Waals surface area contributed by atoms with Gasteiger partial charge < -0.3 is 4.74 Å². The maximum Gasteiger partial charge on any atom is 0.265 e. The molecule has 1 N–H and O–H groups in total. The molecule has 78 valence electrons. The zero-order chi connectivity index (χ0) is 9.90. The van der Waals surface area contributed by atoms with Crippen LogP contribution in [-0.2, 0) is 14.9 Å². The number of ether oxygens (including phenoxy) is 1. The van der Waals surface area contributed by atoms with Crippen molar-refractivity contribution in [3.8, 4) is 0 Å². The van der Waals surface area contributed by atoms with E-state index >= 15 is 0 Å². The first-order valence-corrected chi connectivity index (χ1v) is 7.85. The molecule has 1 saturated heterocycles. The highest BCUT2D eigenvalue weighted by atomic mass is 33.1. The molecule has 0 saturated carbocycles. The van der Waals surface area contributed by atoms with Gasteiger partial charge in [0, 0.05) is 24.5 Å². The lowest BCUT2D eigenvalue weighted by atomic mass is 10.1. The Morgan fingerprint density at radius 1 is 1.46 bits per heavy atom. The average molecular weight is 244 g/mol. The van der Waals surface area contributed by atoms with Crippen LogP contribution >= 0.6 is 21.6 Å². The van der Waals surface area contributed by atoms with Crippen LogP contribution in [0.15, 0.2) is 0 Å². The molecule has 0 unspecified atom stereocenters. The van der Waals surface area contributed by atoms with Gasteiger partial charge >= 0.3 is 0 Å². The molecule has 0 aromatic heterocycles. The fourth-order valence-corrected chi connectivity index (χ4v) is 4.95. The first kappa shape index (κ1) is 11.6. The Balaban J connectivity index is 2.55. The molecular weight excluding hydrogens is 232 g/mol. The Labute approximate surface area is 85.9 Å². The summed E-state index contributed by atoms with van der Waals surface area (Å²) in [5, 5.41) is 0. The lowest BCUT2D eigenvalue weighted by molar-refractivity contribution is 0.0858. The van der Waals surface area contributed by atoms with Crippen LogP contribution in [0.2, 0.25) is 0 Å². The van der Waals surface area contributed by atoms with Crippen LogP contribution in [0.25, 0.3) is 0 Å². The highest BCUT2D eigenvalue weighted by Gasteiger charge is 2.29. The second kappa shape index (κ2) is 4.88. The highest BCUT2D eigenvalue weighted by Crippen LogP contribution is 2.34. The topological polar surface area (TPSA) is 63.6 Å². The molecular formula is C6H12O4S3. The normalized spacial score (nSPS) is 30.3. The summed E-state index contributed by atoms with van der Waals surface area (Å²) < 4.78 is 35.1. The molecule has 0 aliphatic carbocycles. The Morgan fingerprint density at radius 3 is 2.62 bits per heavy atom. The summed E-state index contributed by atoms with van der Waals surface area (Å²) in [7, 11) is 0.995. The number of rotatable bonds is 3. The highest BCUT2D eigenvalue weighted by molar-refractivity contribution is 8.76. The van der Waals surface area contributed by atoms with E-state index in [1.54, 1.807) is 28.7 Å². The van der Waals surface area contributed by atoms with Crippen LogP contribution in [0.1, 0.15) is 0 Å².